The van der Waals surface area contributed by atoms with Crippen molar-refractivity contribution in [2.24, 2.45) is 0 Å². The second-order valence-corrected chi connectivity index (χ2v) is 3.11. The highest BCUT2D eigenvalue weighted by molar-refractivity contribution is 5.88. The monoisotopic (exact) mass is 197 g/mol. The summed E-state index contributed by atoms with van der Waals surface area (Å²) in [7, 11) is 1.33. The quantitative estimate of drug-likeness (QED) is 0.680. The lowest BCUT2D eigenvalue weighted by molar-refractivity contribution is 0.0592. The van der Waals surface area contributed by atoms with Crippen molar-refractivity contribution in [1.29, 1.82) is 0 Å². The second-order valence-electron chi connectivity index (χ2n) is 3.11. The molecule has 0 radical (unpaired) electrons. The van der Waals surface area contributed by atoms with Crippen molar-refractivity contribution < 1.29 is 14.3 Å². The third-order valence-electron chi connectivity index (χ3n) is 2.27. The van der Waals surface area contributed by atoms with Gasteiger partial charge in [-0.3, -0.25) is 0 Å². The van der Waals surface area contributed by atoms with Crippen LogP contribution < -0.4 is 0 Å². The molecule has 1 aromatic heterocycles. The zero-order chi connectivity index (χ0) is 9.97. The van der Waals surface area contributed by atoms with Crippen LogP contribution in [-0.2, 0) is 9.47 Å². The molecular formula is C8H11N3O3. The Morgan fingerprint density at radius 1 is 1.64 bits per heavy atom. The molecule has 0 amide bonds. The molecule has 1 aromatic rings. The summed E-state index contributed by atoms with van der Waals surface area (Å²) in [5.41, 5.74) is 0.914. The van der Waals surface area contributed by atoms with Gasteiger partial charge in [-0.1, -0.05) is 0 Å². The van der Waals surface area contributed by atoms with Gasteiger partial charge in [0, 0.05) is 12.5 Å². The minimum absolute atomic E-state index is 0.155. The minimum Gasteiger partial charge on any atom is -0.464 e. The van der Waals surface area contributed by atoms with E-state index in [2.05, 4.69) is 20.1 Å². The highest BCUT2D eigenvalue weighted by atomic mass is 16.5. The fraction of sp³-hybridized carbons (Fsp3) is 0.625. The largest absolute Gasteiger partial charge is 0.464 e. The van der Waals surface area contributed by atoms with Crippen molar-refractivity contribution >= 4 is 5.97 Å². The normalized spacial score (nSPS) is 21.1. The first kappa shape index (κ1) is 9.14. The Morgan fingerprint density at radius 3 is 3.14 bits per heavy atom. The fourth-order valence-electron chi connectivity index (χ4n) is 1.52. The van der Waals surface area contributed by atoms with E-state index in [-0.39, 0.29) is 11.6 Å². The van der Waals surface area contributed by atoms with E-state index >= 15 is 0 Å². The van der Waals surface area contributed by atoms with E-state index in [9.17, 15) is 4.79 Å². The molecule has 1 N–H and O–H groups in total. The van der Waals surface area contributed by atoms with E-state index in [1.807, 2.05) is 0 Å². The molecule has 0 saturated carbocycles. The summed E-state index contributed by atoms with van der Waals surface area (Å²) >= 11 is 0. The molecule has 0 bridgehead atoms. The minimum atomic E-state index is -0.458. The van der Waals surface area contributed by atoms with Gasteiger partial charge in [0.1, 0.15) is 5.69 Å². The lowest BCUT2D eigenvalue weighted by Gasteiger charge is -2.03. The Kier molecular flexibility index (Phi) is 2.45. The molecule has 1 aliphatic heterocycles. The van der Waals surface area contributed by atoms with Crippen LogP contribution in [0.2, 0.25) is 0 Å². The molecule has 76 valence electrons. The number of hydrogen-bond acceptors (Lipinski definition) is 5. The van der Waals surface area contributed by atoms with Crippen molar-refractivity contribution in [1.82, 2.24) is 15.4 Å². The SMILES string of the molecule is COC(=O)c1n[nH]nc1C1CCOC1. The molecule has 0 aliphatic carbocycles. The first-order valence-electron chi connectivity index (χ1n) is 4.39. The summed E-state index contributed by atoms with van der Waals surface area (Å²) in [6.07, 6.45) is 0.872. The third-order valence-corrected chi connectivity index (χ3v) is 2.27. The number of ether oxygens (including phenoxy) is 2. The van der Waals surface area contributed by atoms with Crippen LogP contribution in [0.5, 0.6) is 0 Å². The third kappa shape index (κ3) is 1.48. The molecule has 2 heterocycles. The standard InChI is InChI=1S/C8H11N3O3/c1-13-8(12)7-6(9-11-10-7)5-2-3-14-4-5/h5H,2-4H2,1H3,(H,9,10,11). The molecule has 1 aliphatic rings. The highest BCUT2D eigenvalue weighted by Crippen LogP contribution is 2.25. The molecule has 14 heavy (non-hydrogen) atoms. The number of H-pyrrole nitrogens is 1. The Bertz CT molecular complexity index is 330. The maximum Gasteiger partial charge on any atom is 0.360 e. The summed E-state index contributed by atoms with van der Waals surface area (Å²) in [4.78, 5) is 11.3. The molecule has 1 fully saturated rings. The van der Waals surface area contributed by atoms with Gasteiger partial charge >= 0.3 is 5.97 Å². The van der Waals surface area contributed by atoms with Gasteiger partial charge in [0.25, 0.3) is 0 Å². The van der Waals surface area contributed by atoms with Gasteiger partial charge in [-0.05, 0) is 6.42 Å². The Labute approximate surface area is 80.6 Å². The number of aromatic nitrogens is 3. The molecule has 0 spiro atoms. The van der Waals surface area contributed by atoms with Crippen LogP contribution in [0.1, 0.15) is 28.5 Å². The van der Waals surface area contributed by atoms with E-state index in [0.29, 0.717) is 18.9 Å². The number of aromatic amines is 1. The first-order valence-corrected chi connectivity index (χ1v) is 4.39. The molecule has 6 heteroatoms. The van der Waals surface area contributed by atoms with Crippen LogP contribution in [0, 0.1) is 0 Å². The summed E-state index contributed by atoms with van der Waals surface area (Å²) in [6, 6.07) is 0. The Balaban J connectivity index is 2.24. The molecule has 1 saturated heterocycles. The van der Waals surface area contributed by atoms with Crippen LogP contribution in [-0.4, -0.2) is 41.7 Å². The van der Waals surface area contributed by atoms with Crippen LogP contribution in [0.25, 0.3) is 0 Å². The van der Waals surface area contributed by atoms with Crippen molar-refractivity contribution in [3.05, 3.63) is 11.4 Å². The number of hydrogen-bond donors (Lipinski definition) is 1. The van der Waals surface area contributed by atoms with Crippen LogP contribution in [0.4, 0.5) is 0 Å². The lowest BCUT2D eigenvalue weighted by Crippen LogP contribution is -2.09. The number of methoxy groups -OCH3 is 1. The van der Waals surface area contributed by atoms with Crippen LogP contribution in [0.15, 0.2) is 0 Å². The average molecular weight is 197 g/mol. The van der Waals surface area contributed by atoms with E-state index in [1.54, 1.807) is 0 Å². The van der Waals surface area contributed by atoms with E-state index < -0.39 is 5.97 Å². The summed E-state index contributed by atoms with van der Waals surface area (Å²) in [5.74, 6) is -0.302. The van der Waals surface area contributed by atoms with E-state index in [1.165, 1.54) is 7.11 Å². The molecule has 6 nitrogen and oxygen atoms in total. The summed E-state index contributed by atoms with van der Waals surface area (Å²) < 4.78 is 9.81. The number of nitrogens with zero attached hydrogens (tertiary/aromatic N) is 2. The Hall–Kier alpha value is -1.43. The number of nitrogens with one attached hydrogen (secondary N) is 1. The van der Waals surface area contributed by atoms with Gasteiger partial charge in [0.15, 0.2) is 5.69 Å². The van der Waals surface area contributed by atoms with Crippen LogP contribution >= 0.6 is 0 Å². The van der Waals surface area contributed by atoms with E-state index in [4.69, 9.17) is 4.74 Å². The van der Waals surface area contributed by atoms with Gasteiger partial charge in [0.2, 0.25) is 0 Å². The lowest BCUT2D eigenvalue weighted by atomic mass is 10.0. The number of carbonyl (C=O) groups excluding carboxylic acids is 1. The molecular weight excluding hydrogens is 186 g/mol. The van der Waals surface area contributed by atoms with Gasteiger partial charge < -0.3 is 9.47 Å². The molecule has 0 aromatic carbocycles. The second kappa shape index (κ2) is 3.75. The molecule has 2 rings (SSSR count). The van der Waals surface area contributed by atoms with Crippen molar-refractivity contribution in [2.75, 3.05) is 20.3 Å². The van der Waals surface area contributed by atoms with Gasteiger partial charge in [-0.2, -0.15) is 10.3 Å². The topological polar surface area (TPSA) is 77.1 Å². The van der Waals surface area contributed by atoms with Crippen molar-refractivity contribution in [3.8, 4) is 0 Å². The van der Waals surface area contributed by atoms with Crippen LogP contribution in [0.3, 0.4) is 0 Å². The molecule has 1 unspecified atom stereocenters. The number of rotatable bonds is 2. The first-order chi connectivity index (χ1) is 6.83. The zero-order valence-corrected chi connectivity index (χ0v) is 7.82. The Morgan fingerprint density at radius 2 is 2.50 bits per heavy atom. The number of carbonyl (C=O) groups is 1. The molecule has 1 atom stereocenters. The zero-order valence-electron chi connectivity index (χ0n) is 7.82. The maximum absolute atomic E-state index is 11.3. The van der Waals surface area contributed by atoms with Crippen molar-refractivity contribution in [3.63, 3.8) is 0 Å². The predicted octanol–water partition coefficient (Wildman–Crippen LogP) is 0.0952. The summed E-state index contributed by atoms with van der Waals surface area (Å²) in [5, 5.41) is 10.1. The van der Waals surface area contributed by atoms with Gasteiger partial charge in [-0.25, -0.2) is 4.79 Å². The highest BCUT2D eigenvalue weighted by Gasteiger charge is 2.27. The van der Waals surface area contributed by atoms with Gasteiger partial charge in [-0.15, -0.1) is 5.10 Å². The number of esters is 1. The van der Waals surface area contributed by atoms with Crippen molar-refractivity contribution in [2.45, 2.75) is 12.3 Å². The van der Waals surface area contributed by atoms with E-state index in [0.717, 1.165) is 6.42 Å². The fourth-order valence-corrected chi connectivity index (χ4v) is 1.52. The summed E-state index contributed by atoms with van der Waals surface area (Å²) in [6.45, 7) is 1.30. The predicted molar refractivity (Wildman–Crippen MR) is 45.9 cm³/mol. The maximum atomic E-state index is 11.3. The smallest absolute Gasteiger partial charge is 0.360 e. The average Bonchev–Trinajstić information content (AvgIpc) is 2.85. The van der Waals surface area contributed by atoms with Gasteiger partial charge in [0.05, 0.1) is 13.7 Å².